The highest BCUT2D eigenvalue weighted by Crippen LogP contribution is 2.39. The number of carbonyl (C=O) groups is 1. The van der Waals surface area contributed by atoms with Crippen LogP contribution in [0.25, 0.3) is 0 Å². The normalized spacial score (nSPS) is 12.6. The number of ketones is 1. The average Bonchev–Trinajstić information content (AvgIpc) is 2.98. The molecule has 0 aliphatic rings. The molecule has 220 valence electrons. The Labute approximate surface area is 275 Å². The second-order valence-electron chi connectivity index (χ2n) is 10.3. The van der Waals surface area contributed by atoms with E-state index in [0.717, 1.165) is 32.4 Å². The lowest BCUT2D eigenvalue weighted by Crippen LogP contribution is -2.23. The summed E-state index contributed by atoms with van der Waals surface area (Å²) in [5.41, 5.74) is 6.80. The van der Waals surface area contributed by atoms with E-state index in [9.17, 15) is 4.79 Å². The number of carbonyl (C=O) groups excluding carboxylic acids is 1. The molecule has 2 unspecified atom stereocenters. The van der Waals surface area contributed by atoms with Crippen LogP contribution in [0.2, 0.25) is 0 Å². The van der Waals surface area contributed by atoms with E-state index in [4.69, 9.17) is 9.47 Å². The summed E-state index contributed by atoms with van der Waals surface area (Å²) < 4.78 is 10.6. The minimum absolute atomic E-state index is 0.215. The van der Waals surface area contributed by atoms with Crippen LogP contribution in [-0.2, 0) is 4.79 Å². The van der Waals surface area contributed by atoms with Gasteiger partial charge in [0.2, 0.25) is 0 Å². The van der Waals surface area contributed by atoms with Gasteiger partial charge in [0, 0.05) is 30.2 Å². The summed E-state index contributed by atoms with van der Waals surface area (Å²) in [7, 11) is 3.36. The van der Waals surface area contributed by atoms with Crippen LogP contribution >= 0.6 is 55.4 Å². The van der Waals surface area contributed by atoms with Crippen LogP contribution in [0.5, 0.6) is 11.5 Å². The maximum atomic E-state index is 14.1. The number of methoxy groups -OCH3 is 2. The lowest BCUT2D eigenvalue weighted by molar-refractivity contribution is -0.121. The third-order valence-electron chi connectivity index (χ3n) is 7.32. The Morgan fingerprint density at radius 3 is 1.19 bits per heavy atom. The van der Waals surface area contributed by atoms with Crippen molar-refractivity contribution in [3.8, 4) is 11.5 Å². The monoisotopic (exact) mass is 726 g/mol. The van der Waals surface area contributed by atoms with E-state index in [2.05, 4.69) is 108 Å². The summed E-state index contributed by atoms with van der Waals surface area (Å²) >= 11 is 10.8. The number of benzene rings is 4. The maximum Gasteiger partial charge on any atom is 0.149 e. The molecule has 7 heteroatoms. The number of hydrogen-bond donors (Lipinski definition) is 0. The highest BCUT2D eigenvalue weighted by Gasteiger charge is 2.29. The molecule has 0 aliphatic carbocycles. The second kappa shape index (κ2) is 15.0. The van der Waals surface area contributed by atoms with Crippen molar-refractivity contribution in [2.24, 2.45) is 0 Å². The Morgan fingerprint density at radius 2 is 0.929 bits per heavy atom. The van der Waals surface area contributed by atoms with Gasteiger partial charge in [-0.1, -0.05) is 79.6 Å². The van der Waals surface area contributed by atoms with Gasteiger partial charge in [-0.2, -0.15) is 0 Å². The lowest BCUT2D eigenvalue weighted by atomic mass is 9.84. The molecule has 4 aromatic rings. The molecular weight excluding hydrogens is 692 g/mol. The van der Waals surface area contributed by atoms with Gasteiger partial charge in [-0.15, -0.1) is 0 Å². The minimum atomic E-state index is -0.251. The minimum Gasteiger partial charge on any atom is -0.497 e. The Kier molecular flexibility index (Phi) is 11.7. The van der Waals surface area contributed by atoms with Crippen LogP contribution in [0.15, 0.2) is 92.4 Å². The van der Waals surface area contributed by atoms with Gasteiger partial charge >= 0.3 is 0 Å². The second-order valence-corrected chi connectivity index (χ2v) is 13.8. The fourth-order valence-corrected chi connectivity index (χ4v) is 8.40. The van der Waals surface area contributed by atoms with Gasteiger partial charge in [0.25, 0.3) is 0 Å². The molecule has 42 heavy (non-hydrogen) atoms. The van der Waals surface area contributed by atoms with E-state index in [0.29, 0.717) is 10.7 Å². The van der Waals surface area contributed by atoms with Gasteiger partial charge in [-0.05, 0) is 110 Å². The molecule has 0 bridgehead atoms. The van der Waals surface area contributed by atoms with Gasteiger partial charge in [0.05, 0.1) is 26.1 Å². The Balaban J connectivity index is 1.57. The van der Waals surface area contributed by atoms with Crippen molar-refractivity contribution in [1.82, 2.24) is 0 Å². The van der Waals surface area contributed by atoms with Gasteiger partial charge in [0.1, 0.15) is 17.3 Å². The van der Waals surface area contributed by atoms with E-state index >= 15 is 0 Å². The molecule has 4 aromatic carbocycles. The number of alkyl halides is 2. The summed E-state index contributed by atoms with van der Waals surface area (Å²) in [5.74, 6) is 1.41. The van der Waals surface area contributed by atoms with E-state index in [-0.39, 0.29) is 17.6 Å². The standard InChI is InChI=1S/C35H36Br2O3S2/c1-21-15-25(16-22(2)34(21)41-29-11-7-27(39-5)8-12-29)31(19-36)33(38)32(20-37)26-17-23(3)35(24(4)18-26)42-30-13-9-28(40-6)10-14-30/h7-18,31-32H,19-20H2,1-6H3. The third kappa shape index (κ3) is 7.65. The van der Waals surface area contributed by atoms with Crippen molar-refractivity contribution in [2.75, 3.05) is 24.9 Å². The summed E-state index contributed by atoms with van der Waals surface area (Å²) in [4.78, 5) is 18.9. The summed E-state index contributed by atoms with van der Waals surface area (Å²) in [6.45, 7) is 8.52. The van der Waals surface area contributed by atoms with Crippen LogP contribution in [0, 0.1) is 27.7 Å². The van der Waals surface area contributed by atoms with Gasteiger partial charge in [-0.3, -0.25) is 4.79 Å². The largest absolute Gasteiger partial charge is 0.497 e. The van der Waals surface area contributed by atoms with E-state index in [1.165, 1.54) is 32.0 Å². The first kappa shape index (κ1) is 32.7. The Bertz CT molecular complexity index is 1370. The number of aryl methyl sites for hydroxylation is 4. The van der Waals surface area contributed by atoms with Crippen LogP contribution in [0.3, 0.4) is 0 Å². The Hall–Kier alpha value is -2.19. The van der Waals surface area contributed by atoms with Crippen molar-refractivity contribution in [2.45, 2.75) is 59.1 Å². The molecule has 0 saturated carbocycles. The molecule has 0 radical (unpaired) electrons. The topological polar surface area (TPSA) is 35.5 Å². The first-order valence-electron chi connectivity index (χ1n) is 13.7. The maximum absolute atomic E-state index is 14.1. The zero-order chi connectivity index (χ0) is 30.4. The lowest BCUT2D eigenvalue weighted by Gasteiger charge is -2.23. The average molecular weight is 729 g/mol. The van der Waals surface area contributed by atoms with Crippen LogP contribution in [-0.4, -0.2) is 30.7 Å². The van der Waals surface area contributed by atoms with E-state index in [1.54, 1.807) is 37.7 Å². The molecule has 3 nitrogen and oxygen atoms in total. The molecule has 0 amide bonds. The molecule has 2 atom stereocenters. The SMILES string of the molecule is COc1ccc(Sc2c(C)cc(C(CBr)C(=O)C(CBr)c3cc(C)c(Sc4ccc(OC)cc4)c(C)c3)cc2C)cc1. The third-order valence-corrected chi connectivity index (χ3v) is 11.3. The first-order chi connectivity index (χ1) is 20.2. The van der Waals surface area contributed by atoms with Crippen molar-refractivity contribution in [1.29, 1.82) is 0 Å². The molecular formula is C35H36Br2O3S2. The fraction of sp³-hybridized carbons (Fsp3) is 0.286. The van der Waals surface area contributed by atoms with Crippen molar-refractivity contribution >= 4 is 61.2 Å². The smallest absolute Gasteiger partial charge is 0.149 e. The summed E-state index contributed by atoms with van der Waals surface area (Å²) in [6, 6.07) is 24.9. The van der Waals surface area contributed by atoms with Gasteiger partial charge in [0.15, 0.2) is 0 Å². The molecule has 0 fully saturated rings. The van der Waals surface area contributed by atoms with Crippen LogP contribution < -0.4 is 9.47 Å². The quantitative estimate of drug-likeness (QED) is 0.136. The fourth-order valence-electron chi connectivity index (χ4n) is 5.12. The van der Waals surface area contributed by atoms with Crippen molar-refractivity contribution in [3.05, 3.63) is 106 Å². The number of rotatable bonds is 12. The molecule has 4 rings (SSSR count). The predicted octanol–water partition coefficient (Wildman–Crippen LogP) is 10.5. The summed E-state index contributed by atoms with van der Waals surface area (Å²) in [5, 5.41) is 1.14. The number of Topliss-reactive ketones (excluding diaryl/α,β-unsaturated/α-hetero) is 1. The highest BCUT2D eigenvalue weighted by atomic mass is 79.9. The first-order valence-corrected chi connectivity index (χ1v) is 17.6. The number of halogens is 2. The van der Waals surface area contributed by atoms with Gasteiger partial charge < -0.3 is 9.47 Å². The van der Waals surface area contributed by atoms with Crippen LogP contribution in [0.1, 0.15) is 45.2 Å². The molecule has 0 heterocycles. The molecule has 0 N–H and O–H groups in total. The van der Waals surface area contributed by atoms with Crippen molar-refractivity contribution < 1.29 is 14.3 Å². The summed E-state index contributed by atoms with van der Waals surface area (Å²) in [6.07, 6.45) is 0. The van der Waals surface area contributed by atoms with E-state index < -0.39 is 0 Å². The zero-order valence-electron chi connectivity index (χ0n) is 24.8. The van der Waals surface area contributed by atoms with Gasteiger partial charge in [-0.25, -0.2) is 0 Å². The van der Waals surface area contributed by atoms with Crippen LogP contribution in [0.4, 0.5) is 0 Å². The van der Waals surface area contributed by atoms with E-state index in [1.807, 2.05) is 24.3 Å². The highest BCUT2D eigenvalue weighted by molar-refractivity contribution is 9.09. The number of ether oxygens (including phenoxy) is 2. The predicted molar refractivity (Wildman–Crippen MR) is 184 cm³/mol. The van der Waals surface area contributed by atoms with Crippen molar-refractivity contribution in [3.63, 3.8) is 0 Å². The molecule has 0 aromatic heterocycles. The number of hydrogen-bond acceptors (Lipinski definition) is 5. The zero-order valence-corrected chi connectivity index (χ0v) is 29.6. The Morgan fingerprint density at radius 1 is 0.619 bits per heavy atom. The molecule has 0 saturated heterocycles. The molecule has 0 spiro atoms. The molecule has 0 aliphatic heterocycles.